The first-order valence-corrected chi connectivity index (χ1v) is 6.68. The van der Waals surface area contributed by atoms with Crippen molar-refractivity contribution in [1.82, 2.24) is 5.32 Å². The van der Waals surface area contributed by atoms with Crippen LogP contribution < -0.4 is 10.6 Å². The SMILES string of the molecule is O=C(NCC(O)C(=O)O)Nc1ccc(I)c(Br)c1. The molecule has 0 aliphatic heterocycles. The lowest BCUT2D eigenvalue weighted by molar-refractivity contribution is -0.146. The van der Waals surface area contributed by atoms with E-state index >= 15 is 0 Å². The van der Waals surface area contributed by atoms with Crippen LogP contribution in [0.5, 0.6) is 0 Å². The summed E-state index contributed by atoms with van der Waals surface area (Å²) in [6.45, 7) is -0.354. The van der Waals surface area contributed by atoms with Crippen molar-refractivity contribution >= 4 is 56.2 Å². The number of halogens is 2. The van der Waals surface area contributed by atoms with Gasteiger partial charge in [-0.25, -0.2) is 9.59 Å². The van der Waals surface area contributed by atoms with Crippen molar-refractivity contribution in [3.63, 3.8) is 0 Å². The molecule has 0 radical (unpaired) electrons. The Morgan fingerprint density at radius 3 is 2.67 bits per heavy atom. The van der Waals surface area contributed by atoms with Crippen molar-refractivity contribution in [1.29, 1.82) is 0 Å². The fourth-order valence-electron chi connectivity index (χ4n) is 1.03. The molecule has 2 amide bonds. The van der Waals surface area contributed by atoms with Crippen LogP contribution in [-0.4, -0.2) is 34.9 Å². The van der Waals surface area contributed by atoms with E-state index in [1.165, 1.54) is 0 Å². The van der Waals surface area contributed by atoms with E-state index in [1.54, 1.807) is 12.1 Å². The average Bonchev–Trinajstić information content (AvgIpc) is 2.30. The number of anilines is 1. The molecule has 1 rings (SSSR count). The Hall–Kier alpha value is -0.870. The van der Waals surface area contributed by atoms with E-state index < -0.39 is 18.1 Å². The maximum absolute atomic E-state index is 11.4. The Morgan fingerprint density at radius 1 is 1.44 bits per heavy atom. The number of aliphatic hydroxyl groups excluding tert-OH is 1. The number of carboxylic acid groups (broad SMARTS) is 1. The lowest BCUT2D eigenvalue weighted by atomic mass is 10.3. The van der Waals surface area contributed by atoms with E-state index in [2.05, 4.69) is 49.2 Å². The maximum Gasteiger partial charge on any atom is 0.334 e. The van der Waals surface area contributed by atoms with Crippen molar-refractivity contribution in [3.8, 4) is 0 Å². The van der Waals surface area contributed by atoms with Gasteiger partial charge in [0.2, 0.25) is 0 Å². The first-order valence-electron chi connectivity index (χ1n) is 4.81. The van der Waals surface area contributed by atoms with Gasteiger partial charge < -0.3 is 20.8 Å². The third-order valence-electron chi connectivity index (χ3n) is 1.92. The quantitative estimate of drug-likeness (QED) is 0.547. The van der Waals surface area contributed by atoms with Gasteiger partial charge in [-0.15, -0.1) is 0 Å². The van der Waals surface area contributed by atoms with Crippen LogP contribution in [0.4, 0.5) is 10.5 Å². The Morgan fingerprint density at radius 2 is 2.11 bits per heavy atom. The largest absolute Gasteiger partial charge is 0.479 e. The predicted octanol–water partition coefficient (Wildman–Crippen LogP) is 1.62. The number of hydrogen-bond donors (Lipinski definition) is 4. The van der Waals surface area contributed by atoms with E-state index in [0.29, 0.717) is 5.69 Å². The van der Waals surface area contributed by atoms with Crippen LogP contribution in [0, 0.1) is 3.57 Å². The Kier molecular flexibility index (Phi) is 5.82. The van der Waals surface area contributed by atoms with Gasteiger partial charge in [-0.2, -0.15) is 0 Å². The molecule has 6 nitrogen and oxygen atoms in total. The summed E-state index contributed by atoms with van der Waals surface area (Å²) in [4.78, 5) is 21.7. The standard InChI is InChI=1S/C10H10BrIN2O4/c11-6-3-5(1-2-7(6)12)14-10(18)13-4-8(15)9(16)17/h1-3,8,15H,4H2,(H,16,17)(H2,13,14,18). The number of carbonyl (C=O) groups is 2. The first kappa shape index (κ1) is 15.2. The second kappa shape index (κ2) is 6.90. The summed E-state index contributed by atoms with van der Waals surface area (Å²) in [6.07, 6.45) is -1.61. The number of rotatable bonds is 4. The van der Waals surface area contributed by atoms with E-state index in [0.717, 1.165) is 8.04 Å². The zero-order valence-electron chi connectivity index (χ0n) is 8.98. The van der Waals surface area contributed by atoms with Crippen LogP contribution in [0.25, 0.3) is 0 Å². The van der Waals surface area contributed by atoms with E-state index in [9.17, 15) is 9.59 Å². The summed E-state index contributed by atoms with van der Waals surface area (Å²) >= 11 is 5.45. The molecule has 0 heterocycles. The molecule has 98 valence electrons. The minimum Gasteiger partial charge on any atom is -0.479 e. The highest BCUT2D eigenvalue weighted by atomic mass is 127. The van der Waals surface area contributed by atoms with E-state index in [-0.39, 0.29) is 6.54 Å². The Balaban J connectivity index is 2.49. The molecule has 0 aliphatic rings. The number of aliphatic carboxylic acids is 1. The van der Waals surface area contributed by atoms with Crippen molar-refractivity contribution in [3.05, 3.63) is 26.2 Å². The van der Waals surface area contributed by atoms with Gasteiger partial charge in [0.25, 0.3) is 0 Å². The van der Waals surface area contributed by atoms with Crippen molar-refractivity contribution in [2.75, 3.05) is 11.9 Å². The molecular weight excluding hydrogens is 419 g/mol. The second-order valence-corrected chi connectivity index (χ2v) is 5.33. The van der Waals surface area contributed by atoms with Gasteiger partial charge in [0, 0.05) is 13.7 Å². The maximum atomic E-state index is 11.4. The van der Waals surface area contributed by atoms with Gasteiger partial charge >= 0.3 is 12.0 Å². The highest BCUT2D eigenvalue weighted by Gasteiger charge is 2.14. The summed E-state index contributed by atoms with van der Waals surface area (Å²) in [6, 6.07) is 4.66. The van der Waals surface area contributed by atoms with Crippen LogP contribution in [0.3, 0.4) is 0 Å². The van der Waals surface area contributed by atoms with Crippen molar-refractivity contribution in [2.45, 2.75) is 6.10 Å². The van der Waals surface area contributed by atoms with E-state index in [4.69, 9.17) is 10.2 Å². The summed E-state index contributed by atoms with van der Waals surface area (Å²) in [5, 5.41) is 22.2. The minimum absolute atomic E-state index is 0.354. The average molecular weight is 429 g/mol. The minimum atomic E-state index is -1.61. The number of nitrogens with one attached hydrogen (secondary N) is 2. The lowest BCUT2D eigenvalue weighted by Crippen LogP contribution is -2.38. The van der Waals surface area contributed by atoms with Crippen molar-refractivity contribution < 1.29 is 19.8 Å². The molecule has 0 saturated carbocycles. The van der Waals surface area contributed by atoms with E-state index in [1.807, 2.05) is 6.07 Å². The smallest absolute Gasteiger partial charge is 0.334 e. The van der Waals surface area contributed by atoms with Gasteiger partial charge in [-0.3, -0.25) is 0 Å². The summed E-state index contributed by atoms with van der Waals surface area (Å²) in [7, 11) is 0. The first-order chi connectivity index (χ1) is 8.40. The van der Waals surface area contributed by atoms with Crippen molar-refractivity contribution in [2.24, 2.45) is 0 Å². The molecule has 8 heteroatoms. The van der Waals surface area contributed by atoms with Gasteiger partial charge in [0.05, 0.1) is 6.54 Å². The molecule has 1 unspecified atom stereocenters. The van der Waals surface area contributed by atoms with Crippen LogP contribution in [0.15, 0.2) is 22.7 Å². The number of amides is 2. The number of carboxylic acids is 1. The topological polar surface area (TPSA) is 98.7 Å². The molecule has 1 aromatic carbocycles. The second-order valence-electron chi connectivity index (χ2n) is 3.32. The zero-order chi connectivity index (χ0) is 13.7. The van der Waals surface area contributed by atoms with Crippen LogP contribution in [0.2, 0.25) is 0 Å². The molecule has 0 bridgehead atoms. The number of aliphatic hydroxyl groups is 1. The van der Waals surface area contributed by atoms with Gasteiger partial charge in [0.15, 0.2) is 6.10 Å². The highest BCUT2D eigenvalue weighted by molar-refractivity contribution is 14.1. The molecule has 18 heavy (non-hydrogen) atoms. The molecule has 0 aromatic heterocycles. The summed E-state index contributed by atoms with van der Waals surface area (Å²) in [5.74, 6) is -1.38. The highest BCUT2D eigenvalue weighted by Crippen LogP contribution is 2.22. The number of urea groups is 1. The Bertz CT molecular complexity index is 469. The number of carbonyl (C=O) groups excluding carboxylic acids is 1. The van der Waals surface area contributed by atoms with Gasteiger partial charge in [-0.1, -0.05) is 0 Å². The summed E-state index contributed by atoms with van der Waals surface area (Å²) in [5.41, 5.74) is 0.560. The molecule has 0 saturated heterocycles. The zero-order valence-corrected chi connectivity index (χ0v) is 12.7. The van der Waals surface area contributed by atoms with Gasteiger partial charge in [0.1, 0.15) is 0 Å². The molecule has 1 aromatic rings. The third-order valence-corrected chi connectivity index (χ3v) is 4.26. The molecule has 1 atom stereocenters. The van der Waals surface area contributed by atoms with Crippen LogP contribution in [-0.2, 0) is 4.79 Å². The fourth-order valence-corrected chi connectivity index (χ4v) is 1.74. The number of benzene rings is 1. The molecule has 0 aliphatic carbocycles. The molecule has 4 N–H and O–H groups in total. The molecule has 0 fully saturated rings. The molecule has 0 spiro atoms. The monoisotopic (exact) mass is 428 g/mol. The lowest BCUT2D eigenvalue weighted by Gasteiger charge is -2.10. The normalized spacial score (nSPS) is 11.7. The Labute approximate surface area is 125 Å². The van der Waals surface area contributed by atoms with Crippen LogP contribution in [0.1, 0.15) is 0 Å². The van der Waals surface area contributed by atoms with Gasteiger partial charge in [-0.05, 0) is 56.7 Å². The molecular formula is C10H10BrIN2O4. The third kappa shape index (κ3) is 4.78. The number of hydrogen-bond acceptors (Lipinski definition) is 3. The summed E-state index contributed by atoms with van der Waals surface area (Å²) < 4.78 is 1.84. The fraction of sp³-hybridized carbons (Fsp3) is 0.200. The predicted molar refractivity (Wildman–Crippen MR) is 77.5 cm³/mol. The van der Waals surface area contributed by atoms with Crippen LogP contribution >= 0.6 is 38.5 Å².